The highest BCUT2D eigenvalue weighted by molar-refractivity contribution is 5.74. The number of carbonyl (C=O) groups excluding carboxylic acids is 1. The van der Waals surface area contributed by atoms with E-state index < -0.39 is 5.97 Å². The first-order valence-corrected chi connectivity index (χ1v) is 7.03. The molecule has 19 heavy (non-hydrogen) atoms. The van der Waals surface area contributed by atoms with Gasteiger partial charge >= 0.3 is 12.0 Å². The third-order valence-electron chi connectivity index (χ3n) is 4.14. The van der Waals surface area contributed by atoms with Crippen LogP contribution in [-0.2, 0) is 4.79 Å². The summed E-state index contributed by atoms with van der Waals surface area (Å²) in [5, 5.41) is 14.9. The number of rotatable bonds is 3. The fraction of sp³-hybridized carbons (Fsp3) is 0.846. The summed E-state index contributed by atoms with van der Waals surface area (Å²) >= 11 is 0. The highest BCUT2D eigenvalue weighted by atomic mass is 16.4. The molecule has 1 saturated carbocycles. The number of hydrogen-bond acceptors (Lipinski definition) is 3. The SMILES string of the molecule is CN1CCC(NC(=O)NC2CCC(C(=O)O)CC2)C1. The maximum absolute atomic E-state index is 11.8. The van der Waals surface area contributed by atoms with E-state index in [0.29, 0.717) is 12.8 Å². The number of carboxylic acid groups (broad SMARTS) is 1. The number of hydrogen-bond donors (Lipinski definition) is 3. The van der Waals surface area contributed by atoms with E-state index in [9.17, 15) is 9.59 Å². The molecule has 108 valence electrons. The van der Waals surface area contributed by atoms with Gasteiger partial charge in [-0.25, -0.2) is 4.79 Å². The van der Waals surface area contributed by atoms with Gasteiger partial charge in [-0.15, -0.1) is 0 Å². The highest BCUT2D eigenvalue weighted by Crippen LogP contribution is 2.24. The molecule has 0 spiro atoms. The summed E-state index contributed by atoms with van der Waals surface area (Å²) in [6.45, 7) is 1.92. The molecule has 2 fully saturated rings. The summed E-state index contributed by atoms with van der Waals surface area (Å²) in [6, 6.07) is 0.245. The van der Waals surface area contributed by atoms with Crippen LogP contribution in [0.3, 0.4) is 0 Å². The minimum absolute atomic E-state index is 0.112. The van der Waals surface area contributed by atoms with Crippen molar-refractivity contribution in [3.63, 3.8) is 0 Å². The average Bonchev–Trinajstić information content (AvgIpc) is 2.75. The predicted octanol–water partition coefficient (Wildman–Crippen LogP) is 0.633. The Morgan fingerprint density at radius 1 is 1.05 bits per heavy atom. The molecule has 1 heterocycles. The topological polar surface area (TPSA) is 81.7 Å². The second-order valence-electron chi connectivity index (χ2n) is 5.75. The molecule has 2 amide bonds. The van der Waals surface area contributed by atoms with Crippen LogP contribution in [0.15, 0.2) is 0 Å². The number of carbonyl (C=O) groups is 2. The quantitative estimate of drug-likeness (QED) is 0.702. The van der Waals surface area contributed by atoms with E-state index in [2.05, 4.69) is 15.5 Å². The van der Waals surface area contributed by atoms with E-state index in [0.717, 1.165) is 32.4 Å². The van der Waals surface area contributed by atoms with Crippen molar-refractivity contribution in [3.05, 3.63) is 0 Å². The third kappa shape index (κ3) is 4.09. The Bertz CT molecular complexity index is 340. The number of urea groups is 1. The van der Waals surface area contributed by atoms with Crippen molar-refractivity contribution in [1.29, 1.82) is 0 Å². The van der Waals surface area contributed by atoms with Gasteiger partial charge in [-0.05, 0) is 45.7 Å². The number of nitrogens with zero attached hydrogens (tertiary/aromatic N) is 1. The van der Waals surface area contributed by atoms with Gasteiger partial charge in [0.2, 0.25) is 0 Å². The van der Waals surface area contributed by atoms with Crippen LogP contribution in [0.4, 0.5) is 4.79 Å². The maximum atomic E-state index is 11.8. The minimum Gasteiger partial charge on any atom is -0.481 e. The molecule has 0 aromatic carbocycles. The Hall–Kier alpha value is -1.30. The first kappa shape index (κ1) is 14.1. The summed E-state index contributed by atoms with van der Waals surface area (Å²) in [5.74, 6) is -0.943. The lowest BCUT2D eigenvalue weighted by molar-refractivity contribution is -0.142. The van der Waals surface area contributed by atoms with Crippen molar-refractivity contribution in [2.45, 2.75) is 44.2 Å². The van der Waals surface area contributed by atoms with Gasteiger partial charge in [0, 0.05) is 18.6 Å². The Morgan fingerprint density at radius 3 is 2.21 bits per heavy atom. The molecule has 0 aromatic heterocycles. The van der Waals surface area contributed by atoms with E-state index in [4.69, 9.17) is 5.11 Å². The standard InChI is InChI=1S/C13H23N3O3/c1-16-7-6-11(8-16)15-13(19)14-10-4-2-9(3-5-10)12(17)18/h9-11H,2-8H2,1H3,(H,17,18)(H2,14,15,19). The van der Waals surface area contributed by atoms with Gasteiger partial charge < -0.3 is 20.6 Å². The lowest BCUT2D eigenvalue weighted by Gasteiger charge is -2.27. The van der Waals surface area contributed by atoms with Gasteiger partial charge in [0.15, 0.2) is 0 Å². The largest absolute Gasteiger partial charge is 0.481 e. The molecular formula is C13H23N3O3. The van der Waals surface area contributed by atoms with Crippen molar-refractivity contribution < 1.29 is 14.7 Å². The van der Waals surface area contributed by atoms with Crippen LogP contribution in [0.2, 0.25) is 0 Å². The van der Waals surface area contributed by atoms with Crippen LogP contribution in [0.25, 0.3) is 0 Å². The molecule has 2 rings (SSSR count). The minimum atomic E-state index is -0.711. The van der Waals surface area contributed by atoms with E-state index >= 15 is 0 Å². The van der Waals surface area contributed by atoms with Crippen LogP contribution in [0.1, 0.15) is 32.1 Å². The fourth-order valence-electron chi connectivity index (χ4n) is 2.95. The van der Waals surface area contributed by atoms with Gasteiger partial charge in [-0.1, -0.05) is 0 Å². The number of likely N-dealkylation sites (N-methyl/N-ethyl adjacent to an activating group) is 1. The molecule has 1 atom stereocenters. The summed E-state index contributed by atoms with van der Waals surface area (Å²) < 4.78 is 0. The number of nitrogens with one attached hydrogen (secondary N) is 2. The molecule has 1 aliphatic carbocycles. The van der Waals surface area contributed by atoms with Gasteiger partial charge in [0.25, 0.3) is 0 Å². The Labute approximate surface area is 113 Å². The van der Waals surface area contributed by atoms with E-state index in [-0.39, 0.29) is 24.0 Å². The third-order valence-corrected chi connectivity index (χ3v) is 4.14. The summed E-state index contributed by atoms with van der Waals surface area (Å²) in [7, 11) is 2.05. The molecule has 0 radical (unpaired) electrons. The molecule has 6 nitrogen and oxygen atoms in total. The van der Waals surface area contributed by atoms with Crippen LogP contribution >= 0.6 is 0 Å². The number of likely N-dealkylation sites (tertiary alicyclic amines) is 1. The van der Waals surface area contributed by atoms with Crippen LogP contribution < -0.4 is 10.6 Å². The Morgan fingerprint density at radius 2 is 1.68 bits per heavy atom. The average molecular weight is 269 g/mol. The lowest BCUT2D eigenvalue weighted by atomic mass is 9.86. The molecule has 1 unspecified atom stereocenters. The van der Waals surface area contributed by atoms with Crippen molar-refractivity contribution in [3.8, 4) is 0 Å². The Balaban J connectivity index is 1.67. The van der Waals surface area contributed by atoms with Gasteiger partial charge in [0.05, 0.1) is 5.92 Å². The fourth-order valence-corrected chi connectivity index (χ4v) is 2.95. The summed E-state index contributed by atoms with van der Waals surface area (Å²) in [6.07, 6.45) is 3.83. The molecule has 6 heteroatoms. The molecule has 1 aliphatic heterocycles. The van der Waals surface area contributed by atoms with Crippen molar-refractivity contribution in [1.82, 2.24) is 15.5 Å². The normalized spacial score (nSPS) is 31.9. The van der Waals surface area contributed by atoms with Crippen LogP contribution in [0, 0.1) is 5.92 Å². The molecule has 0 bridgehead atoms. The maximum Gasteiger partial charge on any atom is 0.315 e. The summed E-state index contributed by atoms with van der Waals surface area (Å²) in [5.41, 5.74) is 0. The molecule has 1 saturated heterocycles. The first-order valence-electron chi connectivity index (χ1n) is 7.03. The van der Waals surface area contributed by atoms with Crippen molar-refractivity contribution in [2.75, 3.05) is 20.1 Å². The first-order chi connectivity index (χ1) is 9.04. The second-order valence-corrected chi connectivity index (χ2v) is 5.75. The van der Waals surface area contributed by atoms with E-state index in [1.807, 2.05) is 7.05 Å². The lowest BCUT2D eigenvalue weighted by Crippen LogP contribution is -2.48. The smallest absolute Gasteiger partial charge is 0.315 e. The number of aliphatic carboxylic acids is 1. The monoisotopic (exact) mass is 269 g/mol. The Kier molecular flexibility index (Phi) is 4.63. The van der Waals surface area contributed by atoms with Crippen molar-refractivity contribution >= 4 is 12.0 Å². The van der Waals surface area contributed by atoms with E-state index in [1.165, 1.54) is 0 Å². The number of amides is 2. The zero-order valence-electron chi connectivity index (χ0n) is 11.4. The predicted molar refractivity (Wildman–Crippen MR) is 71.0 cm³/mol. The molecule has 0 aromatic rings. The van der Waals surface area contributed by atoms with Gasteiger partial charge in [-0.2, -0.15) is 0 Å². The second kappa shape index (κ2) is 6.23. The zero-order chi connectivity index (χ0) is 13.8. The van der Waals surface area contributed by atoms with Crippen LogP contribution in [-0.4, -0.2) is 54.2 Å². The molecule has 3 N–H and O–H groups in total. The number of carboxylic acids is 1. The highest BCUT2D eigenvalue weighted by Gasteiger charge is 2.27. The van der Waals surface area contributed by atoms with Gasteiger partial charge in [0.1, 0.15) is 0 Å². The summed E-state index contributed by atoms with van der Waals surface area (Å²) in [4.78, 5) is 24.9. The van der Waals surface area contributed by atoms with Gasteiger partial charge in [-0.3, -0.25) is 4.79 Å². The van der Waals surface area contributed by atoms with Crippen molar-refractivity contribution in [2.24, 2.45) is 5.92 Å². The molecule has 2 aliphatic rings. The zero-order valence-corrected chi connectivity index (χ0v) is 11.4. The van der Waals surface area contributed by atoms with Crippen LogP contribution in [0.5, 0.6) is 0 Å². The molecular weight excluding hydrogens is 246 g/mol. The van der Waals surface area contributed by atoms with E-state index in [1.54, 1.807) is 0 Å².